The van der Waals surface area contributed by atoms with E-state index in [1.165, 1.54) is 0 Å². The van der Waals surface area contributed by atoms with Crippen LogP contribution in [-0.2, 0) is 52.2 Å². The fourth-order valence-electron chi connectivity index (χ4n) is 16.8. The smallest absolute Gasteiger partial charge is 0.410 e. The van der Waals surface area contributed by atoms with E-state index in [-0.39, 0.29) is 53.2 Å². The molecule has 9 heterocycles. The van der Waals surface area contributed by atoms with Crippen LogP contribution in [0.25, 0.3) is 34.9 Å². The molecule has 114 heavy (non-hydrogen) atoms. The van der Waals surface area contributed by atoms with Gasteiger partial charge in [-0.25, -0.2) is 29.3 Å². The van der Waals surface area contributed by atoms with Crippen LogP contribution < -0.4 is 0 Å². The Balaban J connectivity index is 0.000000129. The number of ether oxygens (including phenoxy) is 3. The number of benzene rings is 3. The van der Waals surface area contributed by atoms with E-state index >= 15 is 0 Å². The van der Waals surface area contributed by atoms with Crippen LogP contribution >= 0.6 is 34.8 Å². The summed E-state index contributed by atoms with van der Waals surface area (Å²) in [5.41, 5.74) is 10.5. The van der Waals surface area contributed by atoms with Crippen LogP contribution in [0, 0.1) is 0 Å². The predicted octanol–water partition coefficient (Wildman–Crippen LogP) is 13.9. The summed E-state index contributed by atoms with van der Waals surface area (Å²) in [6.07, 6.45) is 26.5. The maximum Gasteiger partial charge on any atom is 0.410 e. The van der Waals surface area contributed by atoms with Gasteiger partial charge in [0.1, 0.15) is 33.6 Å². The molecule has 594 valence electrons. The van der Waals surface area contributed by atoms with Crippen molar-refractivity contribution in [1.29, 1.82) is 0 Å². The standard InChI is InChI=1S/3C29H32ClN5O3/c3*1-28(8-9-28)38-27(36)35-13-11-34(12-14-35)26-21-7-6-20(30)16-22(21)23(15-19-5-4-10-32-25(19)26)29(2,37)24-17-31-18-33(24)3/h3*4-7,10,15-18,26,37H,8-9,11-14H2,1-3H3/t26-,29?;26-,29+;26-,29-/m000/s1. The SMILES string of the molecule is Cn1cncc1C(C)(O)C1=Cc2cccnc2[C@@H](N2CCN(C(=O)OC3(C)CC3)CC2)c2ccc(Cl)cc21.Cn1cncc1[C@@](C)(O)C1=Cc2cccnc2[C@@H](N2CCN(C(=O)OC3(C)CC3)CC2)c2ccc(Cl)cc21.Cn1cncc1[C@](C)(O)C1=Cc2cccnc2[C@@H](N2CCN(C(=O)OC3(C)CC3)CC2)c2ccc(Cl)cc21. The quantitative estimate of drug-likeness (QED) is 0.0961. The maximum absolute atomic E-state index is 12.7. The summed E-state index contributed by atoms with van der Waals surface area (Å²) in [6.45, 7) is 18.8. The van der Waals surface area contributed by atoms with Crippen molar-refractivity contribution in [3.63, 3.8) is 0 Å². The Hall–Kier alpha value is -9.60. The number of hydrogen-bond acceptors (Lipinski definition) is 18. The number of nitrogens with zero attached hydrogens (tertiary/aromatic N) is 15. The van der Waals surface area contributed by atoms with Gasteiger partial charge in [-0.2, -0.15) is 0 Å². The zero-order chi connectivity index (χ0) is 80.0. The summed E-state index contributed by atoms with van der Waals surface area (Å²) in [5.74, 6) is 0. The summed E-state index contributed by atoms with van der Waals surface area (Å²) in [5, 5.41) is 37.8. The van der Waals surface area contributed by atoms with Crippen LogP contribution in [0.2, 0.25) is 15.1 Å². The molecule has 3 aromatic carbocycles. The van der Waals surface area contributed by atoms with Crippen molar-refractivity contribution >= 4 is 88.0 Å². The summed E-state index contributed by atoms with van der Waals surface area (Å²) in [4.78, 5) is 77.9. The number of aryl methyl sites for hydroxylation is 3. The highest BCUT2D eigenvalue weighted by Gasteiger charge is 2.48. The molecule has 27 heteroatoms. The largest absolute Gasteiger partial charge is 0.443 e. The van der Waals surface area contributed by atoms with Gasteiger partial charge >= 0.3 is 18.3 Å². The number of aliphatic hydroxyl groups is 3. The van der Waals surface area contributed by atoms with Gasteiger partial charge in [-0.05, 0) is 220 Å². The average Bonchev–Trinajstić information content (AvgIpc) is 1.59. The van der Waals surface area contributed by atoms with Crippen LogP contribution in [0.5, 0.6) is 0 Å². The van der Waals surface area contributed by atoms with Gasteiger partial charge in [0.25, 0.3) is 0 Å². The highest BCUT2D eigenvalue weighted by atomic mass is 35.5. The maximum atomic E-state index is 12.7. The van der Waals surface area contributed by atoms with E-state index in [4.69, 9.17) is 64.0 Å². The van der Waals surface area contributed by atoms with Gasteiger partial charge in [0.2, 0.25) is 0 Å². The fourth-order valence-corrected chi connectivity index (χ4v) is 17.4. The Morgan fingerprint density at radius 2 is 0.658 bits per heavy atom. The molecule has 9 aromatic rings. The van der Waals surface area contributed by atoms with E-state index in [0.29, 0.717) is 111 Å². The number of rotatable bonds is 12. The minimum absolute atomic E-state index is 0.173. The number of hydrogen-bond donors (Lipinski definition) is 3. The van der Waals surface area contributed by atoms with Crippen molar-refractivity contribution in [3.05, 3.63) is 246 Å². The van der Waals surface area contributed by atoms with Crippen molar-refractivity contribution in [2.75, 3.05) is 78.5 Å². The third-order valence-electron chi connectivity index (χ3n) is 24.3. The lowest BCUT2D eigenvalue weighted by molar-refractivity contribution is 0.0372. The molecular weight excluding hydrogens is 1510 g/mol. The monoisotopic (exact) mass is 1600 g/mol. The van der Waals surface area contributed by atoms with Gasteiger partial charge in [0.05, 0.1) is 89.9 Å². The molecule has 3 N–H and O–H groups in total. The van der Waals surface area contributed by atoms with E-state index in [1.807, 2.05) is 183 Å². The minimum Gasteiger partial charge on any atom is -0.443 e. The first-order valence-corrected chi connectivity index (χ1v) is 40.3. The molecule has 3 aliphatic heterocycles. The third-order valence-corrected chi connectivity index (χ3v) is 25.0. The molecule has 3 saturated heterocycles. The second-order valence-electron chi connectivity index (χ2n) is 32.9. The molecule has 6 aliphatic carbocycles. The van der Waals surface area contributed by atoms with Crippen LogP contribution in [0.15, 0.2) is 147 Å². The number of aromatic nitrogens is 9. The Morgan fingerprint density at radius 3 is 0.886 bits per heavy atom. The summed E-state index contributed by atoms with van der Waals surface area (Å²) < 4.78 is 22.6. The molecule has 24 nitrogen and oxygen atoms in total. The molecule has 6 fully saturated rings. The Labute approximate surface area is 678 Å². The van der Waals surface area contributed by atoms with Crippen molar-refractivity contribution in [1.82, 2.24) is 73.0 Å². The molecule has 0 radical (unpaired) electrons. The van der Waals surface area contributed by atoms with Crippen molar-refractivity contribution in [2.45, 2.75) is 132 Å². The first kappa shape index (κ1) is 78.3. The van der Waals surface area contributed by atoms with Crippen molar-refractivity contribution < 1.29 is 43.9 Å². The number of amides is 3. The molecule has 9 aliphatic rings. The van der Waals surface area contributed by atoms with E-state index in [2.05, 4.69) is 29.7 Å². The molecule has 18 rings (SSSR count). The summed E-state index contributed by atoms with van der Waals surface area (Å²) in [7, 11) is 5.62. The second-order valence-corrected chi connectivity index (χ2v) is 34.2. The Morgan fingerprint density at radius 1 is 0.404 bits per heavy atom. The Bertz CT molecular complexity index is 4770. The highest BCUT2D eigenvalue weighted by molar-refractivity contribution is 6.31. The molecule has 1 unspecified atom stereocenters. The molecule has 0 bridgehead atoms. The number of fused-ring (bicyclic) bond motifs is 6. The second kappa shape index (κ2) is 30.5. The zero-order valence-electron chi connectivity index (χ0n) is 65.7. The normalized spacial score (nSPS) is 22.0. The lowest BCUT2D eigenvalue weighted by atomic mass is 9.84. The summed E-state index contributed by atoms with van der Waals surface area (Å²) >= 11 is 19.6. The number of halogens is 3. The van der Waals surface area contributed by atoms with Crippen molar-refractivity contribution in [3.8, 4) is 0 Å². The van der Waals surface area contributed by atoms with Crippen LogP contribution in [0.4, 0.5) is 14.4 Å². The third kappa shape index (κ3) is 15.5. The first-order chi connectivity index (χ1) is 54.5. The summed E-state index contributed by atoms with van der Waals surface area (Å²) in [6, 6.07) is 28.9. The Kier molecular flexibility index (Phi) is 21.0. The zero-order valence-corrected chi connectivity index (χ0v) is 67.9. The molecular formula is C87H96Cl3N15O9. The number of pyridine rings is 3. The highest BCUT2D eigenvalue weighted by Crippen LogP contribution is 2.52. The van der Waals surface area contributed by atoms with Gasteiger partial charge in [-0.1, -0.05) is 71.2 Å². The number of carbonyl (C=O) groups is 3. The predicted molar refractivity (Wildman–Crippen MR) is 436 cm³/mol. The lowest BCUT2D eigenvalue weighted by Crippen LogP contribution is -2.50. The molecule has 0 spiro atoms. The van der Waals surface area contributed by atoms with Crippen LogP contribution in [0.3, 0.4) is 0 Å². The van der Waals surface area contributed by atoms with E-state index < -0.39 is 16.8 Å². The molecule has 6 aromatic heterocycles. The van der Waals surface area contributed by atoms with Crippen molar-refractivity contribution in [2.24, 2.45) is 21.1 Å². The first-order valence-electron chi connectivity index (χ1n) is 39.1. The lowest BCUT2D eigenvalue weighted by Gasteiger charge is -2.40. The van der Waals surface area contributed by atoms with Gasteiger partial charge in [-0.15, -0.1) is 0 Å². The minimum atomic E-state index is -1.34. The van der Waals surface area contributed by atoms with E-state index in [9.17, 15) is 29.7 Å². The number of carbonyl (C=O) groups excluding carboxylic acids is 3. The van der Waals surface area contributed by atoms with E-state index in [0.717, 1.165) is 122 Å². The van der Waals surface area contributed by atoms with Crippen LogP contribution in [-0.4, -0.2) is 202 Å². The van der Waals surface area contributed by atoms with Crippen LogP contribution in [0.1, 0.15) is 182 Å². The number of piperazine rings is 3. The van der Waals surface area contributed by atoms with Gasteiger partial charge in [0.15, 0.2) is 0 Å². The van der Waals surface area contributed by atoms with Gasteiger partial charge in [0, 0.05) is 133 Å². The molecule has 3 amide bonds. The molecule has 3 saturated carbocycles. The molecule has 6 atom stereocenters. The topological polar surface area (TPSA) is 251 Å². The van der Waals surface area contributed by atoms with Gasteiger partial charge in [-0.3, -0.25) is 29.7 Å². The fraction of sp³-hybridized carbons (Fsp3) is 0.414. The average molecular weight is 1600 g/mol. The number of imidazole rings is 3. The van der Waals surface area contributed by atoms with E-state index in [1.54, 1.807) is 73.0 Å². The van der Waals surface area contributed by atoms with Gasteiger partial charge < -0.3 is 57.9 Å².